The minimum atomic E-state index is -0.880. The van der Waals surface area contributed by atoms with Crippen molar-refractivity contribution in [3.63, 3.8) is 0 Å². The lowest BCUT2D eigenvalue weighted by atomic mass is 9.82. The first-order chi connectivity index (χ1) is 12.8. The highest BCUT2D eigenvalue weighted by atomic mass is 16.3. The molecule has 3 aromatic rings. The minimum absolute atomic E-state index is 0.00832. The van der Waals surface area contributed by atoms with E-state index in [9.17, 15) is 29.7 Å². The second-order valence-electron chi connectivity index (χ2n) is 6.21. The van der Waals surface area contributed by atoms with E-state index in [0.717, 1.165) is 6.07 Å². The van der Waals surface area contributed by atoms with Gasteiger partial charge in [-0.1, -0.05) is 12.1 Å². The summed E-state index contributed by atoms with van der Waals surface area (Å²) in [6, 6.07) is 8.45. The van der Waals surface area contributed by atoms with Crippen molar-refractivity contribution in [2.24, 2.45) is 0 Å². The highest BCUT2D eigenvalue weighted by Crippen LogP contribution is 2.44. The first-order valence-electron chi connectivity index (χ1n) is 7.92. The minimum Gasteiger partial charge on any atom is -0.504 e. The van der Waals surface area contributed by atoms with Gasteiger partial charge in [-0.2, -0.15) is 0 Å². The normalized spacial score (nSPS) is 12.8. The van der Waals surface area contributed by atoms with Crippen LogP contribution >= 0.6 is 0 Å². The maximum absolute atomic E-state index is 12.8. The van der Waals surface area contributed by atoms with Crippen LogP contribution in [0.15, 0.2) is 36.4 Å². The Hall–Kier alpha value is -3.71. The van der Waals surface area contributed by atoms with E-state index in [0.29, 0.717) is 10.8 Å². The van der Waals surface area contributed by atoms with Crippen molar-refractivity contribution in [1.29, 1.82) is 0 Å². The van der Waals surface area contributed by atoms with Gasteiger partial charge in [-0.3, -0.25) is 14.4 Å². The van der Waals surface area contributed by atoms with E-state index in [-0.39, 0.29) is 27.8 Å². The first-order valence-corrected chi connectivity index (χ1v) is 7.92. The van der Waals surface area contributed by atoms with E-state index < -0.39 is 41.2 Å². The molecule has 0 heterocycles. The Kier molecular flexibility index (Phi) is 3.50. The average Bonchev–Trinajstić information content (AvgIpc) is 2.67. The molecule has 0 saturated carbocycles. The number of aromatic hydroxyl groups is 3. The number of fused-ring (bicyclic) bond motifs is 3. The molecule has 0 amide bonds. The molecule has 0 saturated heterocycles. The van der Waals surface area contributed by atoms with Crippen molar-refractivity contribution in [3.8, 4) is 17.2 Å². The molecule has 0 unspecified atom stereocenters. The summed E-state index contributed by atoms with van der Waals surface area (Å²) >= 11 is 0. The van der Waals surface area contributed by atoms with Crippen LogP contribution in [0.5, 0.6) is 17.2 Å². The summed E-state index contributed by atoms with van der Waals surface area (Å²) in [7, 11) is 0. The van der Waals surface area contributed by atoms with Gasteiger partial charge in [-0.15, -0.1) is 0 Å². The number of aliphatic hydroxyl groups excluding tert-OH is 1. The quantitative estimate of drug-likeness (QED) is 0.315. The van der Waals surface area contributed by atoms with Crippen molar-refractivity contribution >= 4 is 28.1 Å². The lowest BCUT2D eigenvalue weighted by Crippen LogP contribution is -2.21. The summed E-state index contributed by atoms with van der Waals surface area (Å²) in [5.41, 5.74) is -0.235. The van der Waals surface area contributed by atoms with Crippen LogP contribution < -0.4 is 0 Å². The Balaban J connectivity index is 1.98. The van der Waals surface area contributed by atoms with E-state index in [1.165, 1.54) is 24.3 Å². The molecule has 0 radical (unpaired) electrons. The number of benzene rings is 3. The molecule has 134 valence electrons. The van der Waals surface area contributed by atoms with Crippen molar-refractivity contribution in [2.75, 3.05) is 6.61 Å². The molecule has 7 heteroatoms. The summed E-state index contributed by atoms with van der Waals surface area (Å²) in [5, 5.41) is 39.5. The number of carbonyl (C=O) groups is 3. The Morgan fingerprint density at radius 3 is 2.15 bits per heavy atom. The molecule has 4 rings (SSSR count). The summed E-state index contributed by atoms with van der Waals surface area (Å²) in [5.74, 6) is -4.20. The fourth-order valence-electron chi connectivity index (χ4n) is 3.27. The zero-order chi connectivity index (χ0) is 19.5. The number of Topliss-reactive ketones (excluding diaryl/α,β-unsaturated/α-hetero) is 1. The zero-order valence-electron chi connectivity index (χ0n) is 13.7. The van der Waals surface area contributed by atoms with Gasteiger partial charge < -0.3 is 20.4 Å². The van der Waals surface area contributed by atoms with Crippen molar-refractivity contribution < 1.29 is 34.8 Å². The number of carbonyl (C=O) groups excluding carboxylic acids is 3. The van der Waals surface area contributed by atoms with Gasteiger partial charge in [0, 0.05) is 22.3 Å². The summed E-state index contributed by atoms with van der Waals surface area (Å²) in [4.78, 5) is 37.3. The standard InChI is InChI=1S/C20H12O7/c21-7-15(23)9-2-1-8-4-11-12(5-10(8)3-9)18(25)16-13(17(11)24)6-14(22)19(26)20(16)27/h1-6,21-22,26-27H,7H2. The monoisotopic (exact) mass is 364 g/mol. The van der Waals surface area contributed by atoms with Crippen LogP contribution in [0.4, 0.5) is 0 Å². The molecule has 4 N–H and O–H groups in total. The topological polar surface area (TPSA) is 132 Å². The molecule has 7 nitrogen and oxygen atoms in total. The molecule has 3 aromatic carbocycles. The largest absolute Gasteiger partial charge is 0.504 e. The van der Waals surface area contributed by atoms with Crippen molar-refractivity contribution in [2.45, 2.75) is 0 Å². The van der Waals surface area contributed by atoms with Gasteiger partial charge in [0.25, 0.3) is 0 Å². The fraction of sp³-hybridized carbons (Fsp3) is 0.0500. The maximum Gasteiger partial charge on any atom is 0.201 e. The molecule has 1 aliphatic rings. The van der Waals surface area contributed by atoms with E-state index in [1.807, 2.05) is 0 Å². The Morgan fingerprint density at radius 1 is 0.778 bits per heavy atom. The maximum atomic E-state index is 12.8. The second-order valence-corrected chi connectivity index (χ2v) is 6.21. The molecule has 27 heavy (non-hydrogen) atoms. The summed E-state index contributed by atoms with van der Waals surface area (Å²) in [6.45, 7) is -0.655. The van der Waals surface area contributed by atoms with Gasteiger partial charge in [0.15, 0.2) is 28.8 Å². The van der Waals surface area contributed by atoms with Crippen LogP contribution in [-0.2, 0) is 0 Å². The smallest absolute Gasteiger partial charge is 0.201 e. The molecule has 0 aliphatic heterocycles. The van der Waals surface area contributed by atoms with Gasteiger partial charge in [0.1, 0.15) is 6.61 Å². The van der Waals surface area contributed by atoms with Gasteiger partial charge in [0.2, 0.25) is 5.75 Å². The summed E-state index contributed by atoms with van der Waals surface area (Å²) < 4.78 is 0. The number of hydrogen-bond donors (Lipinski definition) is 4. The highest BCUT2D eigenvalue weighted by molar-refractivity contribution is 6.30. The van der Waals surface area contributed by atoms with Crippen LogP contribution in [0.25, 0.3) is 10.8 Å². The second kappa shape index (κ2) is 5.65. The van der Waals surface area contributed by atoms with Crippen LogP contribution in [0.2, 0.25) is 0 Å². The van der Waals surface area contributed by atoms with Gasteiger partial charge in [-0.25, -0.2) is 0 Å². The molecule has 0 aromatic heterocycles. The van der Waals surface area contributed by atoms with Crippen molar-refractivity contribution in [3.05, 3.63) is 64.2 Å². The third-order valence-corrected chi connectivity index (χ3v) is 4.66. The number of hydrogen-bond acceptors (Lipinski definition) is 7. The van der Waals surface area contributed by atoms with Crippen LogP contribution in [0.1, 0.15) is 42.2 Å². The third-order valence-electron chi connectivity index (χ3n) is 4.66. The van der Waals surface area contributed by atoms with E-state index in [2.05, 4.69) is 0 Å². The molecule has 0 fully saturated rings. The van der Waals surface area contributed by atoms with Crippen LogP contribution in [-0.4, -0.2) is 44.4 Å². The van der Waals surface area contributed by atoms with E-state index >= 15 is 0 Å². The van der Waals surface area contributed by atoms with Crippen LogP contribution in [0.3, 0.4) is 0 Å². The van der Waals surface area contributed by atoms with Gasteiger partial charge in [-0.05, 0) is 35.0 Å². The van der Waals surface area contributed by atoms with Gasteiger partial charge >= 0.3 is 0 Å². The summed E-state index contributed by atoms with van der Waals surface area (Å²) in [6.07, 6.45) is 0. The Bertz CT molecular complexity index is 1190. The predicted molar refractivity (Wildman–Crippen MR) is 93.7 cm³/mol. The molecular weight excluding hydrogens is 352 g/mol. The predicted octanol–water partition coefficient (Wildman–Crippen LogP) is 1.91. The number of phenolic OH excluding ortho intramolecular Hbond substituents is 3. The average molecular weight is 364 g/mol. The molecule has 1 aliphatic carbocycles. The lowest BCUT2D eigenvalue weighted by molar-refractivity contribution is 0.0903. The zero-order valence-corrected chi connectivity index (χ0v) is 13.7. The van der Waals surface area contributed by atoms with Crippen LogP contribution in [0, 0.1) is 0 Å². The van der Waals surface area contributed by atoms with Gasteiger partial charge in [0.05, 0.1) is 5.56 Å². The number of rotatable bonds is 2. The van der Waals surface area contributed by atoms with Crippen molar-refractivity contribution in [1.82, 2.24) is 0 Å². The molecule has 0 atom stereocenters. The first kappa shape index (κ1) is 16.7. The SMILES string of the molecule is O=C(CO)c1ccc2cc3c(cc2c1)C(=O)c1c(cc(O)c(O)c1O)C3=O. The molecule has 0 spiro atoms. The number of phenols is 3. The Labute approximate surface area is 151 Å². The third kappa shape index (κ3) is 2.29. The fourth-order valence-corrected chi connectivity index (χ4v) is 3.27. The molecular formula is C20H12O7. The van der Waals surface area contributed by atoms with E-state index in [1.54, 1.807) is 6.07 Å². The number of ketones is 3. The number of aliphatic hydroxyl groups is 1. The lowest BCUT2D eigenvalue weighted by Gasteiger charge is -2.20. The van der Waals surface area contributed by atoms with E-state index in [4.69, 9.17) is 5.11 Å². The molecule has 0 bridgehead atoms. The highest BCUT2D eigenvalue weighted by Gasteiger charge is 2.34. The Morgan fingerprint density at radius 2 is 1.44 bits per heavy atom.